The second kappa shape index (κ2) is 4.95. The largest absolute Gasteiger partial charge is 0.370 e. The molecule has 2 N–H and O–H groups in total. The molecule has 0 radical (unpaired) electrons. The van der Waals surface area contributed by atoms with Crippen LogP contribution in [0.2, 0.25) is 0 Å². The molecule has 1 aromatic carbocycles. The number of nitrogens with zero attached hydrogens (tertiary/aromatic N) is 1. The Morgan fingerprint density at radius 2 is 2.14 bits per heavy atom. The zero-order valence-electron chi connectivity index (χ0n) is 11.4. The molecule has 0 spiro atoms. The van der Waals surface area contributed by atoms with Gasteiger partial charge in [0.15, 0.2) is 5.78 Å². The average Bonchev–Trinajstić information content (AvgIpc) is 2.94. The van der Waals surface area contributed by atoms with Gasteiger partial charge in [0.05, 0.1) is 0 Å². The molecule has 21 heavy (non-hydrogen) atoms. The molecule has 1 atom stereocenters. The first-order chi connectivity index (χ1) is 9.97. The van der Waals surface area contributed by atoms with Crippen molar-refractivity contribution in [1.82, 2.24) is 0 Å². The molecule has 6 heteroatoms. The summed E-state index contributed by atoms with van der Waals surface area (Å²) in [7, 11) is 0. The van der Waals surface area contributed by atoms with Gasteiger partial charge in [0.2, 0.25) is 11.8 Å². The molecule has 0 bridgehead atoms. The lowest BCUT2D eigenvalue weighted by molar-refractivity contribution is -0.118. The molecule has 0 saturated carbocycles. The predicted octanol–water partition coefficient (Wildman–Crippen LogP) is 1.50. The van der Waals surface area contributed by atoms with Crippen LogP contribution in [0, 0.1) is 5.82 Å². The number of carbonyl (C=O) groups excluding carboxylic acids is 3. The maximum atomic E-state index is 14.4. The number of Topliss-reactive ketones (excluding diaryl/α,β-unsaturated/α-hetero) is 1. The fourth-order valence-electron chi connectivity index (χ4n) is 3.18. The summed E-state index contributed by atoms with van der Waals surface area (Å²) in [5.41, 5.74) is 6.10. The van der Waals surface area contributed by atoms with Crippen molar-refractivity contribution in [3.8, 4) is 0 Å². The molecule has 1 aliphatic heterocycles. The number of fused-ring (bicyclic) bond motifs is 1. The van der Waals surface area contributed by atoms with Crippen molar-refractivity contribution >= 4 is 23.3 Å². The first-order valence-corrected chi connectivity index (χ1v) is 6.92. The lowest BCUT2D eigenvalue weighted by atomic mass is 9.96. The topological polar surface area (TPSA) is 80.5 Å². The smallest absolute Gasteiger partial charge is 0.227 e. The Morgan fingerprint density at radius 1 is 1.38 bits per heavy atom. The van der Waals surface area contributed by atoms with Crippen LogP contribution >= 0.6 is 0 Å². The number of rotatable bonds is 3. The van der Waals surface area contributed by atoms with Gasteiger partial charge in [0, 0.05) is 48.5 Å². The molecule has 3 rings (SSSR count). The van der Waals surface area contributed by atoms with Gasteiger partial charge < -0.3 is 10.6 Å². The number of amides is 2. The van der Waals surface area contributed by atoms with E-state index in [1.54, 1.807) is 6.07 Å². The van der Waals surface area contributed by atoms with Crippen LogP contribution in [0.1, 0.15) is 47.5 Å². The third-order valence-corrected chi connectivity index (χ3v) is 4.09. The monoisotopic (exact) mass is 290 g/mol. The molecule has 1 saturated heterocycles. The molecule has 1 fully saturated rings. The van der Waals surface area contributed by atoms with Crippen LogP contribution in [-0.4, -0.2) is 24.1 Å². The van der Waals surface area contributed by atoms with Crippen LogP contribution in [0.3, 0.4) is 0 Å². The summed E-state index contributed by atoms with van der Waals surface area (Å²) in [5, 5.41) is 0. The molecule has 0 aromatic heterocycles. The van der Waals surface area contributed by atoms with Crippen molar-refractivity contribution in [2.24, 2.45) is 5.73 Å². The number of halogens is 1. The van der Waals surface area contributed by atoms with Crippen LogP contribution in [0.5, 0.6) is 0 Å². The van der Waals surface area contributed by atoms with E-state index in [2.05, 4.69) is 0 Å². The minimum Gasteiger partial charge on any atom is -0.370 e. The Balaban J connectivity index is 2.02. The van der Waals surface area contributed by atoms with E-state index in [0.29, 0.717) is 18.7 Å². The number of ketones is 1. The SMILES string of the molecule is NC(=O)CC1CC(=O)c2cc(N3CCCC3=O)cc(F)c21. The lowest BCUT2D eigenvalue weighted by Crippen LogP contribution is -2.24. The second-order valence-electron chi connectivity index (χ2n) is 5.53. The Bertz CT molecular complexity index is 657. The Labute approximate surface area is 120 Å². The van der Waals surface area contributed by atoms with Gasteiger partial charge in [-0.3, -0.25) is 14.4 Å². The number of anilines is 1. The maximum absolute atomic E-state index is 14.4. The summed E-state index contributed by atoms with van der Waals surface area (Å²) < 4.78 is 14.4. The number of primary amides is 1. The van der Waals surface area contributed by atoms with Crippen LogP contribution in [0.15, 0.2) is 12.1 Å². The quantitative estimate of drug-likeness (QED) is 0.916. The van der Waals surface area contributed by atoms with Crippen molar-refractivity contribution in [1.29, 1.82) is 0 Å². The number of hydrogen-bond donors (Lipinski definition) is 1. The third-order valence-electron chi connectivity index (χ3n) is 4.09. The fourth-order valence-corrected chi connectivity index (χ4v) is 3.18. The van der Waals surface area contributed by atoms with Crippen LogP contribution in [0.25, 0.3) is 0 Å². The number of benzene rings is 1. The molecule has 1 aliphatic carbocycles. The van der Waals surface area contributed by atoms with E-state index in [1.165, 1.54) is 11.0 Å². The molecule has 1 heterocycles. The van der Waals surface area contributed by atoms with Gasteiger partial charge in [0.25, 0.3) is 0 Å². The number of hydrogen-bond acceptors (Lipinski definition) is 3. The van der Waals surface area contributed by atoms with Crippen molar-refractivity contribution in [2.75, 3.05) is 11.4 Å². The Morgan fingerprint density at radius 3 is 2.76 bits per heavy atom. The molecule has 5 nitrogen and oxygen atoms in total. The first kappa shape index (κ1) is 13.7. The maximum Gasteiger partial charge on any atom is 0.227 e. The van der Waals surface area contributed by atoms with E-state index < -0.39 is 17.6 Å². The van der Waals surface area contributed by atoms with Crippen LogP contribution < -0.4 is 10.6 Å². The summed E-state index contributed by atoms with van der Waals surface area (Å²) in [6.45, 7) is 0.538. The Kier molecular flexibility index (Phi) is 3.23. The molecule has 2 aliphatic rings. The van der Waals surface area contributed by atoms with Gasteiger partial charge in [-0.1, -0.05) is 0 Å². The van der Waals surface area contributed by atoms with Crippen molar-refractivity contribution in [3.63, 3.8) is 0 Å². The summed E-state index contributed by atoms with van der Waals surface area (Å²) in [4.78, 5) is 36.3. The van der Waals surface area contributed by atoms with Crippen LogP contribution in [0.4, 0.5) is 10.1 Å². The van der Waals surface area contributed by atoms with E-state index >= 15 is 0 Å². The summed E-state index contributed by atoms with van der Waals surface area (Å²) >= 11 is 0. The standard InChI is InChI=1S/C15H15FN2O3/c16-11-7-9(18-3-1-2-14(18)21)6-10-12(19)4-8(15(10)11)5-13(17)20/h6-8H,1-5H2,(H2,17,20). The lowest BCUT2D eigenvalue weighted by Gasteiger charge is -2.18. The van der Waals surface area contributed by atoms with Gasteiger partial charge in [0.1, 0.15) is 5.82 Å². The van der Waals surface area contributed by atoms with Crippen LogP contribution in [-0.2, 0) is 9.59 Å². The second-order valence-corrected chi connectivity index (χ2v) is 5.53. The van der Waals surface area contributed by atoms with Crippen molar-refractivity contribution in [2.45, 2.75) is 31.6 Å². The molecule has 1 aromatic rings. The molecule has 1 unspecified atom stereocenters. The van der Waals surface area contributed by atoms with Gasteiger partial charge in [-0.05, 0) is 18.6 Å². The van der Waals surface area contributed by atoms with Gasteiger partial charge in [-0.2, -0.15) is 0 Å². The minimum absolute atomic E-state index is 0.0440. The predicted molar refractivity (Wildman–Crippen MR) is 73.5 cm³/mol. The highest BCUT2D eigenvalue weighted by molar-refractivity contribution is 6.04. The highest BCUT2D eigenvalue weighted by Crippen LogP contribution is 2.39. The minimum atomic E-state index is -0.557. The van der Waals surface area contributed by atoms with E-state index in [4.69, 9.17) is 5.73 Å². The van der Waals surface area contributed by atoms with Gasteiger partial charge >= 0.3 is 0 Å². The van der Waals surface area contributed by atoms with Crippen molar-refractivity contribution in [3.05, 3.63) is 29.1 Å². The highest BCUT2D eigenvalue weighted by Gasteiger charge is 2.35. The average molecular weight is 290 g/mol. The van der Waals surface area contributed by atoms with E-state index in [1.807, 2.05) is 0 Å². The van der Waals surface area contributed by atoms with E-state index in [-0.39, 0.29) is 35.7 Å². The number of carbonyl (C=O) groups is 3. The van der Waals surface area contributed by atoms with E-state index in [0.717, 1.165) is 6.42 Å². The van der Waals surface area contributed by atoms with Crippen molar-refractivity contribution < 1.29 is 18.8 Å². The van der Waals surface area contributed by atoms with Gasteiger partial charge in [-0.15, -0.1) is 0 Å². The first-order valence-electron chi connectivity index (χ1n) is 6.92. The van der Waals surface area contributed by atoms with E-state index in [9.17, 15) is 18.8 Å². The molecular formula is C15H15FN2O3. The molecular weight excluding hydrogens is 275 g/mol. The zero-order valence-corrected chi connectivity index (χ0v) is 11.4. The summed E-state index contributed by atoms with van der Waals surface area (Å²) in [6.07, 6.45) is 1.22. The Hall–Kier alpha value is -2.24. The zero-order chi connectivity index (χ0) is 15.1. The third kappa shape index (κ3) is 2.30. The normalized spacial score (nSPS) is 21.0. The molecule has 110 valence electrons. The fraction of sp³-hybridized carbons (Fsp3) is 0.400. The number of nitrogens with two attached hydrogens (primary N) is 1. The summed E-state index contributed by atoms with van der Waals surface area (Å²) in [6, 6.07) is 2.83. The summed E-state index contributed by atoms with van der Waals surface area (Å²) in [5.74, 6) is -1.86. The van der Waals surface area contributed by atoms with Gasteiger partial charge in [-0.25, -0.2) is 4.39 Å². The molecule has 2 amide bonds. The highest BCUT2D eigenvalue weighted by atomic mass is 19.1.